The fraction of sp³-hybridized carbons (Fsp3) is 0.438. The fourth-order valence-electron chi connectivity index (χ4n) is 1.80. The van der Waals surface area contributed by atoms with Crippen molar-refractivity contribution >= 4 is 5.97 Å². The van der Waals surface area contributed by atoms with E-state index in [-0.39, 0.29) is 6.42 Å². The molecule has 0 unspecified atom stereocenters. The molecule has 0 amide bonds. The Morgan fingerprint density at radius 1 is 1.42 bits per heavy atom. The third-order valence-electron chi connectivity index (χ3n) is 2.92. The van der Waals surface area contributed by atoms with Crippen LogP contribution in [0.4, 0.5) is 0 Å². The van der Waals surface area contributed by atoms with Crippen molar-refractivity contribution in [2.24, 2.45) is 5.73 Å². The smallest absolute Gasteiger partial charge is 0.327 e. The highest BCUT2D eigenvalue weighted by Gasteiger charge is 2.35. The molecule has 102 valence electrons. The first-order valence-corrected chi connectivity index (χ1v) is 6.56. The van der Waals surface area contributed by atoms with E-state index < -0.39 is 11.5 Å². The molecule has 0 aliphatic heterocycles. The number of unbranched alkanes of at least 4 members (excludes halogenated alkanes) is 1. The Morgan fingerprint density at radius 2 is 2.11 bits per heavy atom. The summed E-state index contributed by atoms with van der Waals surface area (Å²) in [5.41, 5.74) is 5.99. The Morgan fingerprint density at radius 3 is 2.68 bits per heavy atom. The molecule has 0 aromatic heterocycles. The second kappa shape index (κ2) is 7.60. The van der Waals surface area contributed by atoms with Crippen molar-refractivity contribution in [3.05, 3.63) is 35.9 Å². The Bertz CT molecular complexity index is 436. The molecule has 0 heterocycles. The number of carbonyl (C=O) groups excluding carboxylic acids is 1. The van der Waals surface area contributed by atoms with Gasteiger partial charge in [-0.25, -0.2) is 0 Å². The summed E-state index contributed by atoms with van der Waals surface area (Å²) < 4.78 is 5.21. The molecule has 3 heteroatoms. The molecule has 0 radical (unpaired) electrons. The topological polar surface area (TPSA) is 52.3 Å². The van der Waals surface area contributed by atoms with Crippen molar-refractivity contribution < 1.29 is 9.53 Å². The molecule has 0 saturated carbocycles. The molecule has 1 aromatic rings. The number of esters is 1. The average Bonchev–Trinajstić information content (AvgIpc) is 2.40. The molecular weight excluding hydrogens is 238 g/mol. The number of ether oxygens (including phenoxy) is 1. The van der Waals surface area contributed by atoms with Crippen LogP contribution in [0.3, 0.4) is 0 Å². The lowest BCUT2D eigenvalue weighted by Gasteiger charge is -2.25. The van der Waals surface area contributed by atoms with Crippen LogP contribution < -0.4 is 5.73 Å². The van der Waals surface area contributed by atoms with Gasteiger partial charge in [0.1, 0.15) is 5.54 Å². The van der Waals surface area contributed by atoms with Gasteiger partial charge in [-0.05, 0) is 12.0 Å². The summed E-state index contributed by atoms with van der Waals surface area (Å²) in [4.78, 5) is 12.1. The first-order valence-electron chi connectivity index (χ1n) is 6.56. The van der Waals surface area contributed by atoms with Gasteiger partial charge in [0.25, 0.3) is 0 Å². The first-order chi connectivity index (χ1) is 9.12. The van der Waals surface area contributed by atoms with E-state index in [0.29, 0.717) is 13.0 Å². The van der Waals surface area contributed by atoms with Crippen LogP contribution in [-0.4, -0.2) is 18.1 Å². The molecule has 19 heavy (non-hydrogen) atoms. The number of rotatable bonds is 7. The molecule has 1 rings (SSSR count). The predicted octanol–water partition coefficient (Wildman–Crippen LogP) is 2.29. The molecule has 0 fully saturated rings. The van der Waals surface area contributed by atoms with E-state index in [1.807, 2.05) is 37.3 Å². The maximum atomic E-state index is 12.1. The highest BCUT2D eigenvalue weighted by molar-refractivity contribution is 5.81. The van der Waals surface area contributed by atoms with Gasteiger partial charge in [-0.15, -0.1) is 12.3 Å². The van der Waals surface area contributed by atoms with Crippen molar-refractivity contribution in [1.29, 1.82) is 0 Å². The summed E-state index contributed by atoms with van der Waals surface area (Å²) in [6.45, 7) is 2.43. The van der Waals surface area contributed by atoms with Crippen LogP contribution in [-0.2, 0) is 16.0 Å². The Kier molecular flexibility index (Phi) is 6.11. The van der Waals surface area contributed by atoms with Crippen LogP contribution in [0.25, 0.3) is 0 Å². The predicted molar refractivity (Wildman–Crippen MR) is 76.4 cm³/mol. The van der Waals surface area contributed by atoms with Crippen molar-refractivity contribution in [3.8, 4) is 12.3 Å². The average molecular weight is 259 g/mol. The van der Waals surface area contributed by atoms with E-state index in [0.717, 1.165) is 18.4 Å². The van der Waals surface area contributed by atoms with Gasteiger partial charge in [0.2, 0.25) is 0 Å². The highest BCUT2D eigenvalue weighted by Crippen LogP contribution is 2.17. The number of terminal acetylenes is 1. The Hall–Kier alpha value is -1.79. The molecule has 0 aliphatic carbocycles. The van der Waals surface area contributed by atoms with E-state index in [2.05, 4.69) is 5.92 Å². The highest BCUT2D eigenvalue weighted by atomic mass is 16.5. The molecule has 1 aromatic carbocycles. The molecule has 0 bridgehead atoms. The van der Waals surface area contributed by atoms with Crippen LogP contribution in [0.2, 0.25) is 0 Å². The molecule has 3 nitrogen and oxygen atoms in total. The molecule has 0 spiro atoms. The van der Waals surface area contributed by atoms with Gasteiger partial charge in [0, 0.05) is 12.8 Å². The summed E-state index contributed by atoms with van der Waals surface area (Å²) in [6, 6.07) is 9.60. The zero-order valence-electron chi connectivity index (χ0n) is 11.4. The maximum absolute atomic E-state index is 12.1. The van der Waals surface area contributed by atoms with E-state index in [1.165, 1.54) is 0 Å². The van der Waals surface area contributed by atoms with Gasteiger partial charge >= 0.3 is 5.97 Å². The SMILES string of the molecule is C#CC[C@](N)(Cc1ccccc1)C(=O)OCCCC. The zero-order valence-corrected chi connectivity index (χ0v) is 11.4. The normalized spacial score (nSPS) is 13.3. The van der Waals surface area contributed by atoms with Gasteiger partial charge < -0.3 is 10.5 Å². The molecular formula is C16H21NO2. The van der Waals surface area contributed by atoms with Crippen molar-refractivity contribution in [2.75, 3.05) is 6.61 Å². The van der Waals surface area contributed by atoms with Gasteiger partial charge in [-0.3, -0.25) is 4.79 Å². The summed E-state index contributed by atoms with van der Waals surface area (Å²) in [5, 5.41) is 0. The van der Waals surface area contributed by atoms with E-state index >= 15 is 0 Å². The van der Waals surface area contributed by atoms with Crippen LogP contribution in [0.1, 0.15) is 31.7 Å². The summed E-state index contributed by atoms with van der Waals surface area (Å²) in [5.74, 6) is 2.06. The molecule has 1 atom stereocenters. The molecule has 2 N–H and O–H groups in total. The number of hydrogen-bond acceptors (Lipinski definition) is 3. The van der Waals surface area contributed by atoms with Crippen molar-refractivity contribution in [1.82, 2.24) is 0 Å². The van der Waals surface area contributed by atoms with Crippen LogP contribution in [0.5, 0.6) is 0 Å². The Labute approximate surface area is 115 Å². The number of hydrogen-bond donors (Lipinski definition) is 1. The third kappa shape index (κ3) is 4.76. The van der Waals surface area contributed by atoms with Crippen LogP contribution in [0, 0.1) is 12.3 Å². The Balaban J connectivity index is 2.73. The van der Waals surface area contributed by atoms with Crippen LogP contribution in [0.15, 0.2) is 30.3 Å². The first kappa shape index (κ1) is 15.3. The summed E-state index contributed by atoms with van der Waals surface area (Å²) in [7, 11) is 0. The lowest BCUT2D eigenvalue weighted by atomic mass is 9.89. The third-order valence-corrected chi connectivity index (χ3v) is 2.92. The minimum absolute atomic E-state index is 0.173. The molecule has 0 aliphatic rings. The maximum Gasteiger partial charge on any atom is 0.327 e. The minimum atomic E-state index is -1.14. The fourth-order valence-corrected chi connectivity index (χ4v) is 1.80. The number of nitrogens with two attached hydrogens (primary N) is 1. The zero-order chi connectivity index (χ0) is 14.1. The van der Waals surface area contributed by atoms with Crippen molar-refractivity contribution in [2.45, 2.75) is 38.1 Å². The van der Waals surface area contributed by atoms with E-state index in [1.54, 1.807) is 0 Å². The number of carbonyl (C=O) groups is 1. The quantitative estimate of drug-likeness (QED) is 0.464. The summed E-state index contributed by atoms with van der Waals surface area (Å²) in [6.07, 6.45) is 7.70. The largest absolute Gasteiger partial charge is 0.464 e. The van der Waals surface area contributed by atoms with Crippen LogP contribution >= 0.6 is 0 Å². The second-order valence-electron chi connectivity index (χ2n) is 4.69. The monoisotopic (exact) mass is 259 g/mol. The van der Waals surface area contributed by atoms with Gasteiger partial charge in [0.15, 0.2) is 0 Å². The second-order valence-corrected chi connectivity index (χ2v) is 4.69. The van der Waals surface area contributed by atoms with Gasteiger partial charge in [-0.2, -0.15) is 0 Å². The minimum Gasteiger partial charge on any atom is -0.464 e. The lowest BCUT2D eigenvalue weighted by molar-refractivity contribution is -0.150. The van der Waals surface area contributed by atoms with E-state index in [4.69, 9.17) is 16.9 Å². The molecule has 0 saturated heterocycles. The lowest BCUT2D eigenvalue weighted by Crippen LogP contribution is -2.50. The van der Waals surface area contributed by atoms with Gasteiger partial charge in [-0.1, -0.05) is 43.7 Å². The summed E-state index contributed by atoms with van der Waals surface area (Å²) >= 11 is 0. The van der Waals surface area contributed by atoms with Gasteiger partial charge in [0.05, 0.1) is 6.61 Å². The van der Waals surface area contributed by atoms with E-state index in [9.17, 15) is 4.79 Å². The standard InChI is InChI=1S/C16H21NO2/c1-3-5-12-19-15(18)16(17,11-4-2)13-14-9-7-6-8-10-14/h2,6-10H,3,5,11-13,17H2,1H3/t16-/m0/s1. The van der Waals surface area contributed by atoms with Crippen molar-refractivity contribution in [3.63, 3.8) is 0 Å². The number of benzene rings is 1.